The van der Waals surface area contributed by atoms with E-state index < -0.39 is 4.92 Å². The van der Waals surface area contributed by atoms with Gasteiger partial charge in [0.2, 0.25) is 0 Å². The summed E-state index contributed by atoms with van der Waals surface area (Å²) in [5.41, 5.74) is 3.14. The molecule has 0 saturated carbocycles. The van der Waals surface area contributed by atoms with Crippen LogP contribution in [0, 0.1) is 10.1 Å². The van der Waals surface area contributed by atoms with Crippen LogP contribution in [-0.2, 0) is 12.8 Å². The van der Waals surface area contributed by atoms with Crippen LogP contribution in [0.4, 0.5) is 11.4 Å². The number of hydrogen-bond acceptors (Lipinski definition) is 4. The van der Waals surface area contributed by atoms with E-state index in [1.807, 2.05) is 6.20 Å². The minimum Gasteiger partial charge on any atom is -0.381 e. The number of nitro benzene ring substituents is 1. The maximum Gasteiger partial charge on any atom is 0.271 e. The second-order valence-electron chi connectivity index (χ2n) is 4.88. The Kier molecular flexibility index (Phi) is 3.31. The molecular formula is C13H13ClN4O2. The molecule has 7 heteroatoms. The van der Waals surface area contributed by atoms with Crippen molar-refractivity contribution in [3.63, 3.8) is 0 Å². The van der Waals surface area contributed by atoms with Gasteiger partial charge in [0.15, 0.2) is 0 Å². The van der Waals surface area contributed by atoms with Gasteiger partial charge >= 0.3 is 0 Å². The Balaban J connectivity index is 1.74. The van der Waals surface area contributed by atoms with Gasteiger partial charge in [0.25, 0.3) is 5.69 Å². The number of anilines is 1. The number of fused-ring (bicyclic) bond motifs is 1. The summed E-state index contributed by atoms with van der Waals surface area (Å²) in [6, 6.07) is 4.75. The zero-order chi connectivity index (χ0) is 14.1. The van der Waals surface area contributed by atoms with E-state index in [-0.39, 0.29) is 11.7 Å². The summed E-state index contributed by atoms with van der Waals surface area (Å²) in [7, 11) is 0. The van der Waals surface area contributed by atoms with Gasteiger partial charge < -0.3 is 5.32 Å². The number of aromatic amines is 1. The lowest BCUT2D eigenvalue weighted by atomic mass is 9.93. The molecule has 0 amide bonds. The first kappa shape index (κ1) is 12.9. The Morgan fingerprint density at radius 3 is 3.10 bits per heavy atom. The quantitative estimate of drug-likeness (QED) is 0.673. The fraction of sp³-hybridized carbons (Fsp3) is 0.308. The third kappa shape index (κ3) is 2.46. The molecule has 104 valence electrons. The van der Waals surface area contributed by atoms with Crippen LogP contribution in [0.3, 0.4) is 0 Å². The van der Waals surface area contributed by atoms with E-state index in [0.717, 1.165) is 24.9 Å². The van der Waals surface area contributed by atoms with Gasteiger partial charge in [0.05, 0.1) is 21.8 Å². The Labute approximate surface area is 120 Å². The highest BCUT2D eigenvalue weighted by atomic mass is 35.5. The highest BCUT2D eigenvalue weighted by molar-refractivity contribution is 6.33. The lowest BCUT2D eigenvalue weighted by Crippen LogP contribution is -2.27. The molecule has 1 atom stereocenters. The van der Waals surface area contributed by atoms with Gasteiger partial charge in [-0.2, -0.15) is 5.10 Å². The Bertz CT molecular complexity index is 656. The van der Waals surface area contributed by atoms with Crippen LogP contribution in [0.15, 0.2) is 24.4 Å². The minimum atomic E-state index is -0.450. The standard InChI is InChI=1S/C13H13ClN4O2/c14-11-6-10(18(19)20)2-4-13(11)16-9-1-3-12-8(5-9)7-15-17-12/h2,4,6-7,9,16H,1,3,5H2,(H,15,17). The average molecular weight is 293 g/mol. The van der Waals surface area contributed by atoms with Crippen molar-refractivity contribution in [3.8, 4) is 0 Å². The molecule has 1 aromatic carbocycles. The second kappa shape index (κ2) is 5.13. The molecule has 0 fully saturated rings. The first-order valence-electron chi connectivity index (χ1n) is 6.35. The number of H-pyrrole nitrogens is 1. The van der Waals surface area contributed by atoms with Crippen molar-refractivity contribution in [1.82, 2.24) is 10.2 Å². The molecule has 20 heavy (non-hydrogen) atoms. The van der Waals surface area contributed by atoms with E-state index in [4.69, 9.17) is 11.6 Å². The van der Waals surface area contributed by atoms with Crippen LogP contribution >= 0.6 is 11.6 Å². The van der Waals surface area contributed by atoms with Crippen molar-refractivity contribution in [2.75, 3.05) is 5.32 Å². The lowest BCUT2D eigenvalue weighted by Gasteiger charge is -2.24. The number of aromatic nitrogens is 2. The number of nitrogens with zero attached hydrogens (tertiary/aromatic N) is 2. The number of aryl methyl sites for hydroxylation is 1. The Hall–Kier alpha value is -2.08. The highest BCUT2D eigenvalue weighted by Gasteiger charge is 2.21. The first-order chi connectivity index (χ1) is 9.63. The van der Waals surface area contributed by atoms with E-state index in [2.05, 4.69) is 15.5 Å². The van der Waals surface area contributed by atoms with Crippen molar-refractivity contribution >= 4 is 23.0 Å². The largest absolute Gasteiger partial charge is 0.381 e. The smallest absolute Gasteiger partial charge is 0.271 e. The molecular weight excluding hydrogens is 280 g/mol. The predicted octanol–water partition coefficient (Wildman–Crippen LogP) is 2.94. The lowest BCUT2D eigenvalue weighted by molar-refractivity contribution is -0.384. The molecule has 0 bridgehead atoms. The van der Waals surface area contributed by atoms with Gasteiger partial charge in [-0.25, -0.2) is 0 Å². The molecule has 1 aliphatic rings. The van der Waals surface area contributed by atoms with Gasteiger partial charge in [-0.05, 0) is 30.9 Å². The molecule has 1 aliphatic carbocycles. The van der Waals surface area contributed by atoms with E-state index in [9.17, 15) is 10.1 Å². The number of nitrogens with one attached hydrogen (secondary N) is 2. The SMILES string of the molecule is O=[N+]([O-])c1ccc(NC2CCc3[nH]ncc3C2)c(Cl)c1. The monoisotopic (exact) mass is 292 g/mol. The summed E-state index contributed by atoms with van der Waals surface area (Å²) < 4.78 is 0. The molecule has 0 saturated heterocycles. The molecule has 1 aromatic heterocycles. The number of halogens is 1. The van der Waals surface area contributed by atoms with Crippen molar-refractivity contribution < 1.29 is 4.92 Å². The second-order valence-corrected chi connectivity index (χ2v) is 5.29. The average Bonchev–Trinajstić information content (AvgIpc) is 2.88. The van der Waals surface area contributed by atoms with Crippen LogP contribution in [0.2, 0.25) is 5.02 Å². The van der Waals surface area contributed by atoms with Crippen molar-refractivity contribution in [2.45, 2.75) is 25.3 Å². The van der Waals surface area contributed by atoms with Crippen LogP contribution in [0.5, 0.6) is 0 Å². The summed E-state index contributed by atoms with van der Waals surface area (Å²) in [5.74, 6) is 0. The topological polar surface area (TPSA) is 83.9 Å². The molecule has 0 aliphatic heterocycles. The third-order valence-corrected chi connectivity index (χ3v) is 3.85. The maximum atomic E-state index is 10.7. The van der Waals surface area contributed by atoms with Crippen LogP contribution in [0.1, 0.15) is 17.7 Å². The van der Waals surface area contributed by atoms with Gasteiger partial charge in [0.1, 0.15) is 0 Å². The van der Waals surface area contributed by atoms with Crippen LogP contribution in [0.25, 0.3) is 0 Å². The number of nitro groups is 1. The predicted molar refractivity (Wildman–Crippen MR) is 76.1 cm³/mol. The first-order valence-corrected chi connectivity index (χ1v) is 6.73. The van der Waals surface area contributed by atoms with Crippen molar-refractivity contribution in [1.29, 1.82) is 0 Å². The summed E-state index contributed by atoms with van der Waals surface area (Å²) >= 11 is 6.09. The van der Waals surface area contributed by atoms with E-state index >= 15 is 0 Å². The summed E-state index contributed by atoms with van der Waals surface area (Å²) in [4.78, 5) is 10.2. The third-order valence-electron chi connectivity index (χ3n) is 3.54. The minimum absolute atomic E-state index is 0.00122. The molecule has 6 nitrogen and oxygen atoms in total. The van der Waals surface area contributed by atoms with Gasteiger partial charge in [-0.3, -0.25) is 15.2 Å². The van der Waals surface area contributed by atoms with Crippen molar-refractivity contribution in [2.24, 2.45) is 0 Å². The van der Waals surface area contributed by atoms with Crippen LogP contribution < -0.4 is 5.32 Å². The molecule has 0 radical (unpaired) electrons. The summed E-state index contributed by atoms with van der Waals surface area (Å²) in [6.07, 6.45) is 4.64. The van der Waals surface area contributed by atoms with Crippen LogP contribution in [-0.4, -0.2) is 21.2 Å². The number of non-ortho nitro benzene ring substituents is 1. The molecule has 2 aromatic rings. The summed E-state index contributed by atoms with van der Waals surface area (Å²) in [5, 5.41) is 21.4. The molecule has 0 spiro atoms. The number of benzene rings is 1. The Morgan fingerprint density at radius 1 is 1.50 bits per heavy atom. The van der Waals surface area contributed by atoms with Gasteiger partial charge in [-0.15, -0.1) is 0 Å². The van der Waals surface area contributed by atoms with E-state index in [0.29, 0.717) is 5.02 Å². The molecule has 1 unspecified atom stereocenters. The molecule has 2 N–H and O–H groups in total. The molecule has 1 heterocycles. The van der Waals surface area contributed by atoms with Gasteiger partial charge in [-0.1, -0.05) is 11.6 Å². The summed E-state index contributed by atoms with van der Waals surface area (Å²) in [6.45, 7) is 0. The van der Waals surface area contributed by atoms with Crippen molar-refractivity contribution in [3.05, 3.63) is 50.8 Å². The highest BCUT2D eigenvalue weighted by Crippen LogP contribution is 2.29. The number of rotatable bonds is 3. The van der Waals surface area contributed by atoms with Gasteiger partial charge in [0, 0.05) is 23.9 Å². The molecule has 3 rings (SSSR count). The fourth-order valence-electron chi connectivity index (χ4n) is 2.49. The normalized spacial score (nSPS) is 17.6. The van der Waals surface area contributed by atoms with E-state index in [1.165, 1.54) is 23.4 Å². The fourth-order valence-corrected chi connectivity index (χ4v) is 2.72. The maximum absolute atomic E-state index is 10.7. The zero-order valence-corrected chi connectivity index (χ0v) is 11.4. The Morgan fingerprint density at radius 2 is 2.35 bits per heavy atom. The van der Waals surface area contributed by atoms with E-state index in [1.54, 1.807) is 6.07 Å². The number of hydrogen-bond donors (Lipinski definition) is 2. The zero-order valence-electron chi connectivity index (χ0n) is 10.6.